The molecule has 26 heavy (non-hydrogen) atoms. The molecule has 0 saturated heterocycles. The van der Waals surface area contributed by atoms with E-state index in [1.807, 2.05) is 91.0 Å². The molecule has 0 spiro atoms. The van der Waals surface area contributed by atoms with Gasteiger partial charge in [-0.1, -0.05) is 66.7 Å². The average molecular weight is 340 g/mol. The smallest absolute Gasteiger partial charge is 0.245 e. The maximum absolute atomic E-state index is 10.7. The average Bonchev–Trinajstić information content (AvgIpc) is 3.05. The summed E-state index contributed by atoms with van der Waals surface area (Å²) >= 11 is 0. The summed E-state index contributed by atoms with van der Waals surface area (Å²) in [6.45, 7) is 0. The first-order chi connectivity index (χ1) is 12.8. The van der Waals surface area contributed by atoms with Crippen LogP contribution in [0.5, 0.6) is 5.88 Å². The Kier molecular flexibility index (Phi) is 4.26. The Morgan fingerprint density at radius 1 is 0.692 bits per heavy atom. The lowest BCUT2D eigenvalue weighted by Crippen LogP contribution is -1.96. The van der Waals surface area contributed by atoms with E-state index in [1.54, 1.807) is 4.57 Å². The summed E-state index contributed by atoms with van der Waals surface area (Å²) < 4.78 is 1.68. The van der Waals surface area contributed by atoms with Crippen molar-refractivity contribution in [2.24, 2.45) is 10.2 Å². The molecule has 3 aromatic carbocycles. The Labute approximate surface area is 150 Å². The third kappa shape index (κ3) is 3.10. The van der Waals surface area contributed by atoms with E-state index in [0.29, 0.717) is 11.5 Å². The van der Waals surface area contributed by atoms with Gasteiger partial charge in [0, 0.05) is 5.56 Å². The third-order valence-corrected chi connectivity index (χ3v) is 3.90. The minimum absolute atomic E-state index is 0.0465. The van der Waals surface area contributed by atoms with E-state index in [1.165, 1.54) is 0 Å². The summed E-state index contributed by atoms with van der Waals surface area (Å²) in [7, 11) is 0. The molecule has 126 valence electrons. The molecular weight excluding hydrogens is 324 g/mol. The minimum atomic E-state index is -0.0465. The number of azo groups is 1. The predicted molar refractivity (Wildman–Crippen MR) is 101 cm³/mol. The highest BCUT2D eigenvalue weighted by molar-refractivity contribution is 5.65. The number of aromatic hydroxyl groups is 1. The molecule has 4 aromatic rings. The van der Waals surface area contributed by atoms with Crippen molar-refractivity contribution in [1.82, 2.24) is 9.55 Å². The van der Waals surface area contributed by atoms with Crippen molar-refractivity contribution in [1.29, 1.82) is 0 Å². The molecule has 0 aliphatic rings. The van der Waals surface area contributed by atoms with Crippen molar-refractivity contribution in [3.8, 4) is 23.0 Å². The number of nitrogens with zero attached hydrogens (tertiary/aromatic N) is 4. The van der Waals surface area contributed by atoms with Crippen molar-refractivity contribution < 1.29 is 5.11 Å². The van der Waals surface area contributed by atoms with Crippen LogP contribution < -0.4 is 0 Å². The second kappa shape index (κ2) is 7.03. The molecule has 0 aliphatic carbocycles. The predicted octanol–water partition coefficient (Wildman–Crippen LogP) is 5.66. The highest BCUT2D eigenvalue weighted by Crippen LogP contribution is 2.36. The summed E-state index contributed by atoms with van der Waals surface area (Å²) in [6.07, 6.45) is 0. The summed E-state index contributed by atoms with van der Waals surface area (Å²) in [4.78, 5) is 4.52. The number of benzene rings is 3. The molecule has 0 fully saturated rings. The van der Waals surface area contributed by atoms with E-state index >= 15 is 0 Å². The van der Waals surface area contributed by atoms with Crippen LogP contribution in [0.3, 0.4) is 0 Å². The van der Waals surface area contributed by atoms with Gasteiger partial charge < -0.3 is 5.11 Å². The number of para-hydroxylation sites is 1. The van der Waals surface area contributed by atoms with Crippen molar-refractivity contribution in [3.05, 3.63) is 91.0 Å². The molecular formula is C21H16N4O. The Morgan fingerprint density at radius 3 is 1.92 bits per heavy atom. The van der Waals surface area contributed by atoms with Crippen LogP contribution in [-0.2, 0) is 0 Å². The van der Waals surface area contributed by atoms with Gasteiger partial charge in [-0.3, -0.25) is 4.57 Å². The van der Waals surface area contributed by atoms with Gasteiger partial charge in [0.2, 0.25) is 11.7 Å². The Bertz CT molecular complexity index is 1030. The zero-order chi connectivity index (χ0) is 17.8. The van der Waals surface area contributed by atoms with E-state index < -0.39 is 0 Å². The minimum Gasteiger partial charge on any atom is -0.491 e. The summed E-state index contributed by atoms with van der Waals surface area (Å²) in [5.41, 5.74) is 2.38. The molecule has 1 heterocycles. The van der Waals surface area contributed by atoms with Crippen LogP contribution in [0.15, 0.2) is 101 Å². The largest absolute Gasteiger partial charge is 0.491 e. The first-order valence-electron chi connectivity index (χ1n) is 8.22. The molecule has 0 amide bonds. The highest BCUT2D eigenvalue weighted by atomic mass is 16.3. The van der Waals surface area contributed by atoms with Crippen LogP contribution in [0.4, 0.5) is 11.5 Å². The van der Waals surface area contributed by atoms with Crippen LogP contribution in [0, 0.1) is 0 Å². The van der Waals surface area contributed by atoms with Crippen molar-refractivity contribution >= 4 is 11.5 Å². The Balaban J connectivity index is 1.84. The Hall–Kier alpha value is -3.73. The first-order valence-corrected chi connectivity index (χ1v) is 8.22. The second-order valence-corrected chi connectivity index (χ2v) is 5.66. The second-order valence-electron chi connectivity index (χ2n) is 5.66. The van der Waals surface area contributed by atoms with Gasteiger partial charge in [0.25, 0.3) is 0 Å². The standard InChI is InChI=1S/C21H16N4O/c26-21-19(24-23-17-12-6-2-7-13-17)22-20(16-10-4-1-5-11-16)25(21)18-14-8-3-9-15-18/h1-15,26H. The first kappa shape index (κ1) is 15.8. The fourth-order valence-corrected chi connectivity index (χ4v) is 2.67. The van der Waals surface area contributed by atoms with Gasteiger partial charge >= 0.3 is 0 Å². The fraction of sp³-hybridized carbons (Fsp3) is 0. The van der Waals surface area contributed by atoms with Gasteiger partial charge in [-0.2, -0.15) is 0 Å². The SMILES string of the molecule is Oc1c(N=Nc2ccccc2)nc(-c2ccccc2)n1-c1ccccc1. The monoisotopic (exact) mass is 340 g/mol. The highest BCUT2D eigenvalue weighted by Gasteiger charge is 2.19. The molecule has 0 saturated carbocycles. The van der Waals surface area contributed by atoms with E-state index in [-0.39, 0.29) is 11.7 Å². The van der Waals surface area contributed by atoms with Crippen molar-refractivity contribution in [2.75, 3.05) is 0 Å². The van der Waals surface area contributed by atoms with E-state index in [0.717, 1.165) is 11.3 Å². The number of aromatic nitrogens is 2. The van der Waals surface area contributed by atoms with Gasteiger partial charge in [0.05, 0.1) is 11.4 Å². The molecule has 0 radical (unpaired) electrons. The van der Waals surface area contributed by atoms with Crippen molar-refractivity contribution in [2.45, 2.75) is 0 Å². The van der Waals surface area contributed by atoms with Gasteiger partial charge in [-0.25, -0.2) is 4.98 Å². The molecule has 0 aliphatic heterocycles. The van der Waals surface area contributed by atoms with E-state index in [2.05, 4.69) is 15.2 Å². The summed E-state index contributed by atoms with van der Waals surface area (Å²) in [5.74, 6) is 0.739. The molecule has 4 rings (SSSR count). The van der Waals surface area contributed by atoms with Gasteiger partial charge in [0.15, 0.2) is 0 Å². The summed E-state index contributed by atoms with van der Waals surface area (Å²) in [6, 6.07) is 28.6. The number of rotatable bonds is 4. The molecule has 5 nitrogen and oxygen atoms in total. The van der Waals surface area contributed by atoms with Crippen molar-refractivity contribution in [3.63, 3.8) is 0 Å². The normalized spacial score (nSPS) is 11.1. The quantitative estimate of drug-likeness (QED) is 0.487. The maximum Gasteiger partial charge on any atom is 0.245 e. The summed E-state index contributed by atoms with van der Waals surface area (Å²) in [5, 5.41) is 19.1. The maximum atomic E-state index is 10.7. The van der Waals surface area contributed by atoms with Gasteiger partial charge in [-0.05, 0) is 24.3 Å². The van der Waals surface area contributed by atoms with Crippen LogP contribution in [0.25, 0.3) is 17.1 Å². The molecule has 0 atom stereocenters. The molecule has 5 heteroatoms. The molecule has 1 N–H and O–H groups in total. The zero-order valence-electron chi connectivity index (χ0n) is 13.9. The zero-order valence-corrected chi connectivity index (χ0v) is 13.9. The number of imidazole rings is 1. The lowest BCUT2D eigenvalue weighted by atomic mass is 10.2. The number of hydrogen-bond donors (Lipinski definition) is 1. The molecule has 1 aromatic heterocycles. The van der Waals surface area contributed by atoms with E-state index in [4.69, 9.17) is 0 Å². The molecule has 0 bridgehead atoms. The van der Waals surface area contributed by atoms with Crippen LogP contribution in [0.2, 0.25) is 0 Å². The molecule has 0 unspecified atom stereocenters. The Morgan fingerprint density at radius 2 is 1.27 bits per heavy atom. The topological polar surface area (TPSA) is 62.8 Å². The lowest BCUT2D eigenvalue weighted by molar-refractivity contribution is 0.444. The van der Waals surface area contributed by atoms with Gasteiger partial charge in [0.1, 0.15) is 5.82 Å². The van der Waals surface area contributed by atoms with Crippen LogP contribution in [0.1, 0.15) is 0 Å². The van der Waals surface area contributed by atoms with Gasteiger partial charge in [-0.15, -0.1) is 10.2 Å². The van der Waals surface area contributed by atoms with Crippen LogP contribution >= 0.6 is 0 Å². The van der Waals surface area contributed by atoms with E-state index in [9.17, 15) is 5.11 Å². The number of hydrogen-bond acceptors (Lipinski definition) is 4. The lowest BCUT2D eigenvalue weighted by Gasteiger charge is -2.08. The van der Waals surface area contributed by atoms with Crippen LogP contribution in [-0.4, -0.2) is 14.7 Å². The third-order valence-electron chi connectivity index (χ3n) is 3.90. The fourth-order valence-electron chi connectivity index (χ4n) is 2.67.